The van der Waals surface area contributed by atoms with Crippen molar-refractivity contribution in [1.82, 2.24) is 5.48 Å². The SMILES string of the molecule is O=C(CCCc1ccc([N+](=O)[O-])cc1)NO. The van der Waals surface area contributed by atoms with Gasteiger partial charge in [0.15, 0.2) is 0 Å². The lowest BCUT2D eigenvalue weighted by atomic mass is 10.1. The molecule has 0 saturated carbocycles. The first kappa shape index (κ1) is 12.1. The fourth-order valence-electron chi connectivity index (χ4n) is 1.29. The number of carbonyl (C=O) groups is 1. The highest BCUT2D eigenvalue weighted by Crippen LogP contribution is 2.13. The van der Waals surface area contributed by atoms with E-state index in [2.05, 4.69) is 0 Å². The van der Waals surface area contributed by atoms with E-state index >= 15 is 0 Å². The lowest BCUT2D eigenvalue weighted by Gasteiger charge is -2.00. The second-order valence-electron chi connectivity index (χ2n) is 3.31. The highest BCUT2D eigenvalue weighted by molar-refractivity contribution is 5.74. The normalized spacial score (nSPS) is 9.81. The predicted octanol–water partition coefficient (Wildman–Crippen LogP) is 1.42. The number of rotatable bonds is 5. The van der Waals surface area contributed by atoms with E-state index in [9.17, 15) is 14.9 Å². The van der Waals surface area contributed by atoms with Crippen molar-refractivity contribution in [2.45, 2.75) is 19.3 Å². The van der Waals surface area contributed by atoms with E-state index in [0.717, 1.165) is 5.56 Å². The Morgan fingerprint density at radius 2 is 2.00 bits per heavy atom. The van der Waals surface area contributed by atoms with Crippen molar-refractivity contribution in [1.29, 1.82) is 0 Å². The van der Waals surface area contributed by atoms with E-state index in [1.165, 1.54) is 12.1 Å². The molecule has 0 aromatic heterocycles. The molecular formula is C10H12N2O4. The van der Waals surface area contributed by atoms with E-state index in [-0.39, 0.29) is 12.1 Å². The molecule has 1 rings (SSSR count). The van der Waals surface area contributed by atoms with E-state index in [0.29, 0.717) is 12.8 Å². The van der Waals surface area contributed by atoms with Gasteiger partial charge in [-0.05, 0) is 18.4 Å². The summed E-state index contributed by atoms with van der Waals surface area (Å²) in [7, 11) is 0. The summed E-state index contributed by atoms with van der Waals surface area (Å²) in [5, 5.41) is 18.6. The predicted molar refractivity (Wildman–Crippen MR) is 56.0 cm³/mol. The van der Waals surface area contributed by atoms with Gasteiger partial charge in [-0.3, -0.25) is 20.1 Å². The van der Waals surface area contributed by atoms with Gasteiger partial charge in [0.2, 0.25) is 5.91 Å². The van der Waals surface area contributed by atoms with Crippen LogP contribution in [0.1, 0.15) is 18.4 Å². The Morgan fingerprint density at radius 1 is 1.38 bits per heavy atom. The largest absolute Gasteiger partial charge is 0.289 e. The van der Waals surface area contributed by atoms with Crippen molar-refractivity contribution in [2.24, 2.45) is 0 Å². The van der Waals surface area contributed by atoms with Crippen LogP contribution in [0.5, 0.6) is 0 Å². The maximum absolute atomic E-state index is 10.7. The summed E-state index contributed by atoms with van der Waals surface area (Å²) in [5.74, 6) is -0.429. The molecule has 86 valence electrons. The zero-order chi connectivity index (χ0) is 12.0. The summed E-state index contributed by atoms with van der Waals surface area (Å²) in [6, 6.07) is 6.19. The number of hydrogen-bond acceptors (Lipinski definition) is 4. The number of nitrogens with zero attached hydrogens (tertiary/aromatic N) is 1. The molecule has 1 aromatic carbocycles. The van der Waals surface area contributed by atoms with Gasteiger partial charge in [0.25, 0.3) is 5.69 Å². The molecule has 0 atom stereocenters. The number of nitro benzene ring substituents is 1. The molecular weight excluding hydrogens is 212 g/mol. The molecule has 0 bridgehead atoms. The van der Waals surface area contributed by atoms with Crippen LogP contribution in [0, 0.1) is 10.1 Å². The van der Waals surface area contributed by atoms with E-state index in [1.54, 1.807) is 17.6 Å². The topological polar surface area (TPSA) is 92.5 Å². The molecule has 0 saturated heterocycles. The quantitative estimate of drug-likeness (QED) is 0.449. The number of benzene rings is 1. The van der Waals surface area contributed by atoms with Gasteiger partial charge >= 0.3 is 0 Å². The Hall–Kier alpha value is -1.95. The van der Waals surface area contributed by atoms with Crippen molar-refractivity contribution in [2.75, 3.05) is 0 Å². The van der Waals surface area contributed by atoms with Crippen LogP contribution in [0.3, 0.4) is 0 Å². The van der Waals surface area contributed by atoms with Gasteiger partial charge in [-0.15, -0.1) is 0 Å². The van der Waals surface area contributed by atoms with Crippen LogP contribution >= 0.6 is 0 Å². The zero-order valence-corrected chi connectivity index (χ0v) is 8.55. The molecule has 0 aliphatic carbocycles. The number of non-ortho nitro benzene ring substituents is 1. The maximum atomic E-state index is 10.7. The number of nitro groups is 1. The van der Waals surface area contributed by atoms with Gasteiger partial charge in [-0.2, -0.15) is 0 Å². The third-order valence-corrected chi connectivity index (χ3v) is 2.14. The maximum Gasteiger partial charge on any atom is 0.269 e. The number of hydrogen-bond donors (Lipinski definition) is 2. The van der Waals surface area contributed by atoms with E-state index in [4.69, 9.17) is 5.21 Å². The van der Waals surface area contributed by atoms with Crippen LogP contribution in [0.25, 0.3) is 0 Å². The highest BCUT2D eigenvalue weighted by Gasteiger charge is 2.04. The van der Waals surface area contributed by atoms with Gasteiger partial charge in [0.05, 0.1) is 4.92 Å². The van der Waals surface area contributed by atoms with Crippen LogP contribution in [0.2, 0.25) is 0 Å². The van der Waals surface area contributed by atoms with E-state index in [1.807, 2.05) is 0 Å². The first-order valence-electron chi connectivity index (χ1n) is 4.79. The van der Waals surface area contributed by atoms with Gasteiger partial charge in [-0.1, -0.05) is 12.1 Å². The minimum atomic E-state index is -0.455. The van der Waals surface area contributed by atoms with E-state index < -0.39 is 10.8 Å². The standard InChI is InChI=1S/C10H12N2O4/c13-10(11-14)3-1-2-8-4-6-9(7-5-8)12(15)16/h4-7,14H,1-3H2,(H,11,13). The number of amides is 1. The second-order valence-corrected chi connectivity index (χ2v) is 3.31. The van der Waals surface area contributed by atoms with Crippen LogP contribution in [0.15, 0.2) is 24.3 Å². The molecule has 0 aliphatic rings. The minimum Gasteiger partial charge on any atom is -0.289 e. The average Bonchev–Trinajstić information content (AvgIpc) is 2.29. The Bertz CT molecular complexity index is 375. The molecule has 6 nitrogen and oxygen atoms in total. The molecule has 2 N–H and O–H groups in total. The highest BCUT2D eigenvalue weighted by atomic mass is 16.6. The third-order valence-electron chi connectivity index (χ3n) is 2.14. The van der Waals surface area contributed by atoms with Crippen molar-refractivity contribution in [3.8, 4) is 0 Å². The van der Waals surface area contributed by atoms with Gasteiger partial charge < -0.3 is 0 Å². The van der Waals surface area contributed by atoms with Crippen LogP contribution < -0.4 is 5.48 Å². The smallest absolute Gasteiger partial charge is 0.269 e. The molecule has 0 spiro atoms. The monoisotopic (exact) mass is 224 g/mol. The summed E-state index contributed by atoms with van der Waals surface area (Å²) in [5.41, 5.74) is 2.53. The lowest BCUT2D eigenvalue weighted by molar-refractivity contribution is -0.384. The fraction of sp³-hybridized carbons (Fsp3) is 0.300. The Kier molecular flexibility index (Phi) is 4.41. The van der Waals surface area contributed by atoms with Crippen molar-refractivity contribution in [3.05, 3.63) is 39.9 Å². The third kappa shape index (κ3) is 3.66. The van der Waals surface area contributed by atoms with Crippen LogP contribution in [0.4, 0.5) is 5.69 Å². The molecule has 0 radical (unpaired) electrons. The molecule has 0 aliphatic heterocycles. The number of aryl methyl sites for hydroxylation is 1. The minimum absolute atomic E-state index is 0.0526. The summed E-state index contributed by atoms with van der Waals surface area (Å²) >= 11 is 0. The lowest BCUT2D eigenvalue weighted by Crippen LogP contribution is -2.18. The Balaban J connectivity index is 2.43. The number of hydroxylamine groups is 1. The second kappa shape index (κ2) is 5.82. The van der Waals surface area contributed by atoms with Gasteiger partial charge in [-0.25, -0.2) is 5.48 Å². The molecule has 1 amide bonds. The van der Waals surface area contributed by atoms with Crippen molar-refractivity contribution < 1.29 is 14.9 Å². The molecule has 16 heavy (non-hydrogen) atoms. The summed E-state index contributed by atoms with van der Waals surface area (Å²) in [6.07, 6.45) is 1.46. The van der Waals surface area contributed by atoms with Gasteiger partial charge in [0, 0.05) is 18.6 Å². The fourth-order valence-corrected chi connectivity index (χ4v) is 1.29. The molecule has 6 heteroatoms. The molecule has 1 aromatic rings. The average molecular weight is 224 g/mol. The zero-order valence-electron chi connectivity index (χ0n) is 8.55. The summed E-state index contributed by atoms with van der Waals surface area (Å²) in [6.45, 7) is 0. The number of carbonyl (C=O) groups excluding carboxylic acids is 1. The summed E-state index contributed by atoms with van der Waals surface area (Å²) in [4.78, 5) is 20.6. The Labute approximate surface area is 92.0 Å². The molecule has 0 heterocycles. The van der Waals surface area contributed by atoms with Crippen LogP contribution in [-0.2, 0) is 11.2 Å². The first-order chi connectivity index (χ1) is 7.63. The van der Waals surface area contributed by atoms with Crippen molar-refractivity contribution in [3.63, 3.8) is 0 Å². The summed E-state index contributed by atoms with van der Waals surface area (Å²) < 4.78 is 0. The van der Waals surface area contributed by atoms with Crippen LogP contribution in [-0.4, -0.2) is 16.0 Å². The Morgan fingerprint density at radius 3 is 2.50 bits per heavy atom. The van der Waals surface area contributed by atoms with Gasteiger partial charge in [0.1, 0.15) is 0 Å². The first-order valence-corrected chi connectivity index (χ1v) is 4.79. The molecule has 0 unspecified atom stereocenters. The van der Waals surface area contributed by atoms with Crippen molar-refractivity contribution >= 4 is 11.6 Å². The molecule has 0 fully saturated rings. The number of nitrogens with one attached hydrogen (secondary N) is 1.